The molecule has 0 amide bonds. The first-order valence-corrected chi connectivity index (χ1v) is 9.35. The molecule has 0 bridgehead atoms. The molecule has 0 unspecified atom stereocenters. The van der Waals surface area contributed by atoms with Crippen molar-refractivity contribution in [2.45, 2.75) is 79.2 Å². The maximum Gasteiger partial charge on any atom is 0.303 e. The van der Waals surface area contributed by atoms with Gasteiger partial charge >= 0.3 is 5.97 Å². The lowest BCUT2D eigenvalue weighted by Gasteiger charge is -2.31. The van der Waals surface area contributed by atoms with Crippen LogP contribution in [0.15, 0.2) is 34.9 Å². The Bertz CT molecular complexity index is 634. The van der Waals surface area contributed by atoms with Gasteiger partial charge in [-0.2, -0.15) is 0 Å². The van der Waals surface area contributed by atoms with Gasteiger partial charge in [-0.1, -0.05) is 30.7 Å². The minimum atomic E-state index is -0.256. The van der Waals surface area contributed by atoms with Crippen molar-refractivity contribution in [2.75, 3.05) is 0 Å². The first-order valence-electron chi connectivity index (χ1n) is 9.35. The van der Waals surface area contributed by atoms with Gasteiger partial charge in [-0.25, -0.2) is 0 Å². The molecule has 0 N–H and O–H groups in total. The Labute approximate surface area is 152 Å². The fourth-order valence-electron chi connectivity index (χ4n) is 4.37. The van der Waals surface area contributed by atoms with Crippen LogP contribution in [0.3, 0.4) is 0 Å². The number of fused-ring (bicyclic) bond motifs is 1. The first-order chi connectivity index (χ1) is 11.6. The van der Waals surface area contributed by atoms with Gasteiger partial charge in [0.25, 0.3) is 0 Å². The summed E-state index contributed by atoms with van der Waals surface area (Å²) in [6, 6.07) is 0. The molecule has 1 fully saturated rings. The Morgan fingerprint density at radius 2 is 1.92 bits per heavy atom. The van der Waals surface area contributed by atoms with Gasteiger partial charge in [0.2, 0.25) is 0 Å². The topological polar surface area (TPSA) is 43.4 Å². The van der Waals surface area contributed by atoms with Gasteiger partial charge in [0, 0.05) is 13.3 Å². The summed E-state index contributed by atoms with van der Waals surface area (Å²) in [4.78, 5) is 24.1. The standard InChI is InChI=1S/C22H32O3/c1-14(2)21-18-9-8-16(4)20(25-17(5)23)10-7-15(3)11-12-22(18,6)13-19(21)24/h11,18,20H,4,7-10,12-13H2,1-3,5-6H3/b15-11+/t18-,20+,22-/m1/s1. The normalized spacial score (nSPS) is 33.2. The molecule has 0 aliphatic heterocycles. The number of ether oxygens (including phenoxy) is 1. The Kier molecular flexibility index (Phi) is 6.08. The molecule has 25 heavy (non-hydrogen) atoms. The largest absolute Gasteiger partial charge is 0.458 e. The van der Waals surface area contributed by atoms with Crippen LogP contribution in [0.25, 0.3) is 0 Å². The van der Waals surface area contributed by atoms with Crippen LogP contribution in [0, 0.1) is 11.3 Å². The van der Waals surface area contributed by atoms with Crippen molar-refractivity contribution in [1.29, 1.82) is 0 Å². The second-order valence-corrected chi connectivity index (χ2v) is 8.31. The van der Waals surface area contributed by atoms with Crippen molar-refractivity contribution in [3.63, 3.8) is 0 Å². The predicted octanol–water partition coefficient (Wildman–Crippen LogP) is 5.32. The Morgan fingerprint density at radius 1 is 1.24 bits per heavy atom. The third kappa shape index (κ3) is 4.50. The molecule has 0 heterocycles. The molecule has 0 aromatic carbocycles. The minimum absolute atomic E-state index is 0.0213. The van der Waals surface area contributed by atoms with Crippen molar-refractivity contribution in [3.05, 3.63) is 34.9 Å². The number of carbonyl (C=O) groups excluding carboxylic acids is 2. The molecule has 0 saturated heterocycles. The number of allylic oxidation sites excluding steroid dienone is 4. The molecule has 3 atom stereocenters. The number of rotatable bonds is 1. The van der Waals surface area contributed by atoms with Crippen LogP contribution < -0.4 is 0 Å². The second-order valence-electron chi connectivity index (χ2n) is 8.31. The predicted molar refractivity (Wildman–Crippen MR) is 101 cm³/mol. The highest BCUT2D eigenvalue weighted by Gasteiger charge is 2.46. The van der Waals surface area contributed by atoms with E-state index in [0.29, 0.717) is 12.2 Å². The van der Waals surface area contributed by atoms with E-state index in [4.69, 9.17) is 4.74 Å². The highest BCUT2D eigenvalue weighted by atomic mass is 16.5. The van der Waals surface area contributed by atoms with Gasteiger partial charge in [-0.05, 0) is 75.4 Å². The van der Waals surface area contributed by atoms with Crippen molar-refractivity contribution >= 4 is 11.8 Å². The highest BCUT2D eigenvalue weighted by Crippen LogP contribution is 2.51. The molecule has 2 rings (SSSR count). The zero-order valence-electron chi connectivity index (χ0n) is 16.4. The number of hydrogen-bond donors (Lipinski definition) is 0. The molecule has 2 aliphatic carbocycles. The summed E-state index contributed by atoms with van der Waals surface area (Å²) >= 11 is 0. The number of carbonyl (C=O) groups is 2. The smallest absolute Gasteiger partial charge is 0.303 e. The Balaban J connectivity index is 2.35. The molecule has 3 heteroatoms. The van der Waals surface area contributed by atoms with Gasteiger partial charge in [-0.15, -0.1) is 0 Å². The second kappa shape index (κ2) is 7.72. The summed E-state index contributed by atoms with van der Waals surface area (Å²) in [5, 5.41) is 0. The van der Waals surface area contributed by atoms with Crippen molar-refractivity contribution in [3.8, 4) is 0 Å². The monoisotopic (exact) mass is 344 g/mol. The summed E-state index contributed by atoms with van der Waals surface area (Å²) < 4.78 is 5.51. The van der Waals surface area contributed by atoms with E-state index in [1.807, 2.05) is 13.8 Å². The van der Waals surface area contributed by atoms with Crippen LogP contribution in [0.1, 0.15) is 73.1 Å². The number of esters is 1. The molecule has 0 radical (unpaired) electrons. The van der Waals surface area contributed by atoms with Crippen LogP contribution in [0.2, 0.25) is 0 Å². The lowest BCUT2D eigenvalue weighted by molar-refractivity contribution is -0.144. The highest BCUT2D eigenvalue weighted by molar-refractivity contribution is 5.99. The zero-order chi connectivity index (χ0) is 18.8. The lowest BCUT2D eigenvalue weighted by atomic mass is 9.72. The molecule has 3 nitrogen and oxygen atoms in total. The van der Waals surface area contributed by atoms with E-state index in [1.54, 1.807) is 0 Å². The summed E-state index contributed by atoms with van der Waals surface area (Å²) in [5.41, 5.74) is 4.40. The van der Waals surface area contributed by atoms with E-state index < -0.39 is 0 Å². The maximum atomic E-state index is 12.7. The van der Waals surface area contributed by atoms with E-state index >= 15 is 0 Å². The van der Waals surface area contributed by atoms with Crippen LogP contribution >= 0.6 is 0 Å². The summed E-state index contributed by atoms with van der Waals surface area (Å²) in [7, 11) is 0. The number of ketones is 1. The SMILES string of the molecule is C=C1CC[C@@H]2C(=C(C)C)C(=O)C[C@@]2(C)C/C=C(\C)CC[C@@H]1OC(C)=O. The minimum Gasteiger partial charge on any atom is -0.458 e. The molecule has 138 valence electrons. The average Bonchev–Trinajstić information content (AvgIpc) is 2.76. The molecule has 2 aliphatic rings. The third-order valence-corrected chi connectivity index (χ3v) is 5.83. The Hall–Kier alpha value is -1.64. The van der Waals surface area contributed by atoms with Gasteiger partial charge in [0.05, 0.1) is 0 Å². The number of Topliss-reactive ketones (excluding diaryl/α,β-unsaturated/α-hetero) is 1. The van der Waals surface area contributed by atoms with Gasteiger partial charge in [0.15, 0.2) is 5.78 Å². The summed E-state index contributed by atoms with van der Waals surface area (Å²) in [5.74, 6) is 0.299. The lowest BCUT2D eigenvalue weighted by Crippen LogP contribution is -2.23. The van der Waals surface area contributed by atoms with E-state index in [1.165, 1.54) is 12.5 Å². The number of hydrogen-bond acceptors (Lipinski definition) is 3. The van der Waals surface area contributed by atoms with Gasteiger partial charge in [-0.3, -0.25) is 9.59 Å². The Morgan fingerprint density at radius 3 is 2.52 bits per heavy atom. The van der Waals surface area contributed by atoms with Gasteiger partial charge < -0.3 is 4.74 Å². The van der Waals surface area contributed by atoms with Crippen molar-refractivity contribution in [2.24, 2.45) is 11.3 Å². The van der Waals surface area contributed by atoms with E-state index in [2.05, 4.69) is 26.5 Å². The van der Waals surface area contributed by atoms with Crippen molar-refractivity contribution < 1.29 is 14.3 Å². The molecule has 0 spiro atoms. The first kappa shape index (κ1) is 19.7. The van der Waals surface area contributed by atoms with E-state index in [0.717, 1.165) is 48.8 Å². The maximum absolute atomic E-state index is 12.7. The fourth-order valence-corrected chi connectivity index (χ4v) is 4.37. The quantitative estimate of drug-likeness (QED) is 0.367. The zero-order valence-corrected chi connectivity index (χ0v) is 16.4. The molecule has 0 aromatic rings. The third-order valence-electron chi connectivity index (χ3n) is 5.83. The summed E-state index contributed by atoms with van der Waals surface area (Å²) in [6.45, 7) is 14.1. The van der Waals surface area contributed by atoms with E-state index in [-0.39, 0.29) is 23.4 Å². The van der Waals surface area contributed by atoms with Crippen LogP contribution in [-0.4, -0.2) is 17.9 Å². The van der Waals surface area contributed by atoms with Crippen LogP contribution in [-0.2, 0) is 14.3 Å². The summed E-state index contributed by atoms with van der Waals surface area (Å²) in [6.07, 6.45) is 6.98. The molecular weight excluding hydrogens is 312 g/mol. The molecule has 0 aromatic heterocycles. The van der Waals surface area contributed by atoms with E-state index in [9.17, 15) is 9.59 Å². The average molecular weight is 344 g/mol. The molecule has 1 saturated carbocycles. The van der Waals surface area contributed by atoms with Crippen molar-refractivity contribution in [1.82, 2.24) is 0 Å². The van der Waals surface area contributed by atoms with Crippen LogP contribution in [0.4, 0.5) is 0 Å². The van der Waals surface area contributed by atoms with Gasteiger partial charge in [0.1, 0.15) is 6.10 Å². The molecular formula is C22H32O3. The van der Waals surface area contributed by atoms with Crippen LogP contribution in [0.5, 0.6) is 0 Å². The fraction of sp³-hybridized carbons (Fsp3) is 0.636.